The van der Waals surface area contributed by atoms with Crippen molar-refractivity contribution in [3.05, 3.63) is 65.1 Å². The van der Waals surface area contributed by atoms with Crippen molar-refractivity contribution >= 4 is 31.1 Å². The average Bonchev–Trinajstić information content (AvgIpc) is 2.89. The summed E-state index contributed by atoms with van der Waals surface area (Å²) >= 11 is 0. The van der Waals surface area contributed by atoms with Crippen molar-refractivity contribution in [3.8, 4) is 5.75 Å². The summed E-state index contributed by atoms with van der Waals surface area (Å²) in [7, 11) is 0. The second-order valence-corrected chi connectivity index (χ2v) is 9.40. The summed E-state index contributed by atoms with van der Waals surface area (Å²) in [5, 5.41) is 17.8. The first-order valence-corrected chi connectivity index (χ1v) is 12.2. The van der Waals surface area contributed by atoms with E-state index in [0.717, 1.165) is 44.6 Å². The number of hydrogen-bond donors (Lipinski definition) is 3. The van der Waals surface area contributed by atoms with E-state index in [0.29, 0.717) is 37.2 Å². The number of aldehydes is 1. The second kappa shape index (κ2) is 13.1. The molecule has 0 aliphatic carbocycles. The summed E-state index contributed by atoms with van der Waals surface area (Å²) < 4.78 is 52.4. The Morgan fingerprint density at radius 1 is 1.18 bits per heavy atom. The zero-order valence-electron chi connectivity index (χ0n) is 21.3. The van der Waals surface area contributed by atoms with Gasteiger partial charge in [-0.2, -0.15) is 13.2 Å². The number of likely N-dealkylation sites (tertiary alicyclic amines) is 1. The lowest BCUT2D eigenvalue weighted by Gasteiger charge is -2.48. The van der Waals surface area contributed by atoms with Crippen LogP contribution in [0.1, 0.15) is 30.1 Å². The van der Waals surface area contributed by atoms with Crippen LogP contribution in [0.25, 0.3) is 0 Å². The zero-order chi connectivity index (χ0) is 28.5. The predicted molar refractivity (Wildman–Crippen MR) is 141 cm³/mol. The standard InChI is InChI=1S/C27H30F3N5O4/c1-19(10-24(14-33-18-32)38-22-4-2-3-20(11-22)15-36)9-21(27(28,29)30)12-23(13-31)39-25(37)35-7-5-26(6-8-35)16-34-17-26/h2-4,9-15,18-19,31-32,34H,5-8,16-17H2,1H3/b21-9?,23-12+,24-10+,31-13?,32-18?,33-14-. The van der Waals surface area contributed by atoms with Gasteiger partial charge in [-0.15, -0.1) is 0 Å². The van der Waals surface area contributed by atoms with Gasteiger partial charge >= 0.3 is 12.3 Å². The van der Waals surface area contributed by atoms with E-state index < -0.39 is 29.5 Å². The first-order valence-electron chi connectivity index (χ1n) is 12.2. The molecule has 12 heteroatoms. The molecule has 208 valence electrons. The number of allylic oxidation sites excluding steroid dienone is 6. The molecule has 0 aromatic heterocycles. The molecule has 2 aliphatic rings. The first-order chi connectivity index (χ1) is 18.6. The van der Waals surface area contributed by atoms with E-state index in [1.807, 2.05) is 0 Å². The van der Waals surface area contributed by atoms with Crippen LogP contribution in [-0.4, -0.2) is 68.4 Å². The quantitative estimate of drug-likeness (QED) is 0.126. The van der Waals surface area contributed by atoms with Gasteiger partial charge in [0.05, 0.1) is 18.0 Å². The Hall–Kier alpha value is -4.06. The van der Waals surface area contributed by atoms with Crippen LogP contribution < -0.4 is 10.1 Å². The molecule has 9 nitrogen and oxygen atoms in total. The number of nitrogens with zero attached hydrogens (tertiary/aromatic N) is 2. The smallest absolute Gasteiger partial charge is 0.416 e. The number of hydrogen-bond acceptors (Lipinski definition) is 7. The highest BCUT2D eigenvalue weighted by molar-refractivity contribution is 5.83. The van der Waals surface area contributed by atoms with Gasteiger partial charge in [0.2, 0.25) is 0 Å². The fourth-order valence-electron chi connectivity index (χ4n) is 4.23. The number of amides is 1. The predicted octanol–water partition coefficient (Wildman–Crippen LogP) is 4.92. The summed E-state index contributed by atoms with van der Waals surface area (Å²) in [6.07, 6.45) is 1.86. The number of nitrogens with one attached hydrogen (secondary N) is 3. The van der Waals surface area contributed by atoms with E-state index in [4.69, 9.17) is 20.3 Å². The molecular formula is C27H30F3N5O4. The molecule has 0 bridgehead atoms. The Bertz CT molecular complexity index is 1190. The van der Waals surface area contributed by atoms with Gasteiger partial charge in [0.15, 0.2) is 5.76 Å². The SMILES string of the molecule is CC(C=C(/C=C(\C=N)OC(=O)N1CCC2(CC1)CNC2)C(F)(F)F)/C=C(\C=N/C=N)Oc1cccc(C=O)c1. The van der Waals surface area contributed by atoms with E-state index in [9.17, 15) is 22.8 Å². The monoisotopic (exact) mass is 545 g/mol. The third-order valence-electron chi connectivity index (χ3n) is 6.43. The van der Waals surface area contributed by atoms with Crippen LogP contribution in [0.2, 0.25) is 0 Å². The van der Waals surface area contributed by atoms with Crippen LogP contribution in [0.3, 0.4) is 0 Å². The number of carbonyl (C=O) groups excluding carboxylic acids is 2. The second-order valence-electron chi connectivity index (χ2n) is 9.40. The highest BCUT2D eigenvalue weighted by Gasteiger charge is 2.41. The van der Waals surface area contributed by atoms with Crippen molar-refractivity contribution < 1.29 is 32.2 Å². The minimum Gasteiger partial charge on any atom is -0.456 e. The highest BCUT2D eigenvalue weighted by Crippen LogP contribution is 2.35. The number of carbonyl (C=O) groups is 2. The van der Waals surface area contributed by atoms with Crippen molar-refractivity contribution in [3.63, 3.8) is 0 Å². The van der Waals surface area contributed by atoms with Crippen LogP contribution in [0, 0.1) is 22.2 Å². The van der Waals surface area contributed by atoms with Crippen LogP contribution in [0.4, 0.5) is 18.0 Å². The fourth-order valence-corrected chi connectivity index (χ4v) is 4.23. The number of piperidine rings is 1. The maximum atomic E-state index is 13.9. The number of ether oxygens (including phenoxy) is 2. The van der Waals surface area contributed by atoms with E-state index in [1.54, 1.807) is 18.2 Å². The minimum atomic E-state index is -4.81. The first kappa shape index (κ1) is 29.5. The number of halogens is 3. The molecule has 1 amide bonds. The summed E-state index contributed by atoms with van der Waals surface area (Å²) in [5.41, 5.74) is -0.607. The molecule has 1 spiro atoms. The number of aliphatic imine (C=N–C) groups is 1. The van der Waals surface area contributed by atoms with Gasteiger partial charge in [0, 0.05) is 31.7 Å². The molecule has 1 unspecified atom stereocenters. The molecule has 3 N–H and O–H groups in total. The molecule has 1 aromatic rings. The molecule has 1 atom stereocenters. The van der Waals surface area contributed by atoms with Gasteiger partial charge in [-0.05, 0) is 48.5 Å². The molecule has 39 heavy (non-hydrogen) atoms. The molecule has 2 saturated heterocycles. The Morgan fingerprint density at radius 3 is 2.46 bits per heavy atom. The average molecular weight is 546 g/mol. The number of benzene rings is 1. The molecule has 3 rings (SSSR count). The lowest BCUT2D eigenvalue weighted by Crippen LogP contribution is -2.58. The molecule has 2 aliphatic heterocycles. The lowest BCUT2D eigenvalue weighted by atomic mass is 9.73. The van der Waals surface area contributed by atoms with Crippen molar-refractivity contribution in [2.45, 2.75) is 25.9 Å². The third kappa shape index (κ3) is 8.47. The molecule has 1 aromatic carbocycles. The fraction of sp³-hybridized carbons (Fsp3) is 0.370. The van der Waals surface area contributed by atoms with Gasteiger partial charge in [-0.25, -0.2) is 9.79 Å². The minimum absolute atomic E-state index is 0.0408. The van der Waals surface area contributed by atoms with Crippen molar-refractivity contribution in [2.75, 3.05) is 26.2 Å². The van der Waals surface area contributed by atoms with Crippen LogP contribution in [0.5, 0.6) is 5.75 Å². The lowest BCUT2D eigenvalue weighted by molar-refractivity contribution is -0.0888. The third-order valence-corrected chi connectivity index (χ3v) is 6.43. The summed E-state index contributed by atoms with van der Waals surface area (Å²) in [4.78, 5) is 28.7. The summed E-state index contributed by atoms with van der Waals surface area (Å²) in [6, 6.07) is 6.13. The summed E-state index contributed by atoms with van der Waals surface area (Å²) in [6.45, 7) is 4.12. The van der Waals surface area contributed by atoms with Gasteiger partial charge in [-0.3, -0.25) is 10.2 Å². The van der Waals surface area contributed by atoms with Crippen molar-refractivity contribution in [2.24, 2.45) is 16.3 Å². The Kier molecular flexibility index (Phi) is 9.94. The normalized spacial score (nSPS) is 18.9. The number of rotatable bonds is 10. The largest absolute Gasteiger partial charge is 0.456 e. The molecule has 2 heterocycles. The van der Waals surface area contributed by atoms with E-state index in [1.165, 1.54) is 24.0 Å². The number of alkyl halides is 3. The van der Waals surface area contributed by atoms with E-state index >= 15 is 0 Å². The van der Waals surface area contributed by atoms with Gasteiger partial charge in [0.1, 0.15) is 24.1 Å². The summed E-state index contributed by atoms with van der Waals surface area (Å²) in [5.74, 6) is -1.11. The van der Waals surface area contributed by atoms with Gasteiger partial charge in [0.25, 0.3) is 0 Å². The molecule has 2 fully saturated rings. The highest BCUT2D eigenvalue weighted by atomic mass is 19.4. The maximum absolute atomic E-state index is 13.9. The molecule has 0 saturated carbocycles. The molecule has 0 radical (unpaired) electrons. The van der Waals surface area contributed by atoms with Crippen LogP contribution in [-0.2, 0) is 4.74 Å². The molecular weight excluding hydrogens is 515 g/mol. The van der Waals surface area contributed by atoms with Crippen LogP contribution in [0.15, 0.2) is 64.6 Å². The topological polar surface area (TPSA) is 128 Å². The van der Waals surface area contributed by atoms with Crippen molar-refractivity contribution in [1.29, 1.82) is 10.8 Å². The maximum Gasteiger partial charge on any atom is 0.416 e. The van der Waals surface area contributed by atoms with Crippen LogP contribution >= 0.6 is 0 Å². The van der Waals surface area contributed by atoms with E-state index in [-0.39, 0.29) is 16.9 Å². The Morgan fingerprint density at radius 2 is 1.90 bits per heavy atom. The Labute approximate surface area is 224 Å². The van der Waals surface area contributed by atoms with Gasteiger partial charge < -0.3 is 25.1 Å². The Balaban J connectivity index is 1.78. The van der Waals surface area contributed by atoms with Crippen molar-refractivity contribution in [1.82, 2.24) is 10.2 Å². The van der Waals surface area contributed by atoms with E-state index in [2.05, 4.69) is 10.3 Å². The zero-order valence-corrected chi connectivity index (χ0v) is 21.3. The van der Waals surface area contributed by atoms with Gasteiger partial charge in [-0.1, -0.05) is 25.1 Å².